The molecule has 2 aromatic carbocycles. The normalized spacial score (nSPS) is 12.4. The summed E-state index contributed by atoms with van der Waals surface area (Å²) >= 11 is 1.73. The molecule has 5 nitrogen and oxygen atoms in total. The second-order valence-corrected chi connectivity index (χ2v) is 9.87. The summed E-state index contributed by atoms with van der Waals surface area (Å²) in [4.78, 5) is 12.5. The van der Waals surface area contributed by atoms with Crippen molar-refractivity contribution in [2.75, 3.05) is 22.9 Å². The van der Waals surface area contributed by atoms with Crippen molar-refractivity contribution in [3.05, 3.63) is 65.2 Å². The zero-order chi connectivity index (χ0) is 20.7. The Morgan fingerprint density at radius 1 is 1.11 bits per heavy atom. The third kappa shape index (κ3) is 6.56. The van der Waals surface area contributed by atoms with Gasteiger partial charge in [-0.3, -0.25) is 9.10 Å². The first-order valence-corrected chi connectivity index (χ1v) is 12.2. The molecule has 0 fully saturated rings. The highest BCUT2D eigenvalue weighted by Gasteiger charge is 2.28. The Morgan fingerprint density at radius 3 is 2.36 bits per heavy atom. The fourth-order valence-electron chi connectivity index (χ4n) is 2.96. The van der Waals surface area contributed by atoms with E-state index in [1.54, 1.807) is 36.9 Å². The molecule has 7 heteroatoms. The predicted octanol–water partition coefficient (Wildman–Crippen LogP) is 3.51. The lowest BCUT2D eigenvalue weighted by Gasteiger charge is -2.28. The highest BCUT2D eigenvalue weighted by atomic mass is 32.2. The molecule has 0 saturated heterocycles. The molecule has 0 aromatic heterocycles. The molecule has 2 rings (SSSR count). The van der Waals surface area contributed by atoms with Crippen LogP contribution in [0.15, 0.2) is 48.5 Å². The Labute approximate surface area is 172 Å². The lowest BCUT2D eigenvalue weighted by Crippen LogP contribution is -2.48. The van der Waals surface area contributed by atoms with Crippen LogP contribution in [0.2, 0.25) is 0 Å². The number of nitrogens with one attached hydrogen (secondary N) is 1. The topological polar surface area (TPSA) is 66.5 Å². The van der Waals surface area contributed by atoms with E-state index in [1.807, 2.05) is 19.1 Å². The molecule has 1 unspecified atom stereocenters. The minimum Gasteiger partial charge on any atom is -0.353 e. The number of sulfonamides is 1. The zero-order valence-electron chi connectivity index (χ0n) is 16.8. The van der Waals surface area contributed by atoms with Crippen LogP contribution in [0.3, 0.4) is 0 Å². The summed E-state index contributed by atoms with van der Waals surface area (Å²) in [7, 11) is -3.59. The summed E-state index contributed by atoms with van der Waals surface area (Å²) in [5, 5.41) is 2.85. The van der Waals surface area contributed by atoms with Gasteiger partial charge in [-0.15, -0.1) is 0 Å². The number of anilines is 1. The number of hydrogen-bond donors (Lipinski definition) is 1. The van der Waals surface area contributed by atoms with Crippen LogP contribution in [0.25, 0.3) is 0 Å². The minimum atomic E-state index is -3.59. The van der Waals surface area contributed by atoms with E-state index in [9.17, 15) is 13.2 Å². The first-order valence-electron chi connectivity index (χ1n) is 9.15. The molecule has 2 aromatic rings. The van der Waals surface area contributed by atoms with Crippen LogP contribution in [0.5, 0.6) is 0 Å². The van der Waals surface area contributed by atoms with Crippen molar-refractivity contribution in [3.8, 4) is 0 Å². The molecule has 1 amide bonds. The standard InChI is InChI=1S/C21H28N2O3S2/c1-16-7-5-9-19(13-16)15-27-12-11-22-21(24)18(3)23(28(4,25)26)20-10-6-8-17(2)14-20/h5-10,13-14,18H,11-12,15H2,1-4H3,(H,22,24). The Morgan fingerprint density at radius 2 is 1.75 bits per heavy atom. The number of aryl methyl sites for hydroxylation is 2. The fourth-order valence-corrected chi connectivity index (χ4v) is 4.93. The molecule has 0 aliphatic heterocycles. The molecule has 28 heavy (non-hydrogen) atoms. The van der Waals surface area contributed by atoms with E-state index >= 15 is 0 Å². The quantitative estimate of drug-likeness (QED) is 0.631. The molecule has 0 aliphatic rings. The van der Waals surface area contributed by atoms with Gasteiger partial charge in [0.2, 0.25) is 15.9 Å². The Kier molecular flexibility index (Phi) is 7.95. The number of nitrogens with zero attached hydrogens (tertiary/aromatic N) is 1. The van der Waals surface area contributed by atoms with Gasteiger partial charge in [-0.2, -0.15) is 11.8 Å². The van der Waals surface area contributed by atoms with Gasteiger partial charge in [-0.25, -0.2) is 8.42 Å². The zero-order valence-corrected chi connectivity index (χ0v) is 18.4. The predicted molar refractivity (Wildman–Crippen MR) is 118 cm³/mol. The molecule has 0 bridgehead atoms. The van der Waals surface area contributed by atoms with Gasteiger partial charge < -0.3 is 5.32 Å². The lowest BCUT2D eigenvalue weighted by atomic mass is 10.2. The number of rotatable bonds is 9. The maximum Gasteiger partial charge on any atom is 0.243 e. The molecular formula is C21H28N2O3S2. The molecule has 0 radical (unpaired) electrons. The van der Waals surface area contributed by atoms with Crippen molar-refractivity contribution < 1.29 is 13.2 Å². The highest BCUT2D eigenvalue weighted by molar-refractivity contribution is 7.98. The van der Waals surface area contributed by atoms with E-state index in [-0.39, 0.29) is 5.91 Å². The van der Waals surface area contributed by atoms with Gasteiger partial charge in [0.05, 0.1) is 11.9 Å². The van der Waals surface area contributed by atoms with Crippen LogP contribution in [-0.4, -0.2) is 38.9 Å². The Hall–Kier alpha value is -1.99. The number of carbonyl (C=O) groups excluding carboxylic acids is 1. The van der Waals surface area contributed by atoms with Crippen LogP contribution in [-0.2, 0) is 20.6 Å². The van der Waals surface area contributed by atoms with Gasteiger partial charge in [-0.05, 0) is 44.0 Å². The average molecular weight is 421 g/mol. The maximum absolute atomic E-state index is 12.5. The number of carbonyl (C=O) groups is 1. The number of thioether (sulfide) groups is 1. The van der Waals surface area contributed by atoms with Crippen LogP contribution >= 0.6 is 11.8 Å². The van der Waals surface area contributed by atoms with Crippen LogP contribution in [0.4, 0.5) is 5.69 Å². The van der Waals surface area contributed by atoms with Gasteiger partial charge in [0.1, 0.15) is 6.04 Å². The van der Waals surface area contributed by atoms with E-state index in [1.165, 1.54) is 15.4 Å². The first kappa shape index (κ1) is 22.3. The van der Waals surface area contributed by atoms with Crippen molar-refractivity contribution >= 4 is 33.4 Å². The van der Waals surface area contributed by atoms with Crippen molar-refractivity contribution in [2.24, 2.45) is 0 Å². The average Bonchev–Trinajstić information content (AvgIpc) is 2.60. The number of benzene rings is 2. The lowest BCUT2D eigenvalue weighted by molar-refractivity contribution is -0.121. The van der Waals surface area contributed by atoms with Gasteiger partial charge in [0.15, 0.2) is 0 Å². The first-order chi connectivity index (χ1) is 13.2. The monoisotopic (exact) mass is 420 g/mol. The van der Waals surface area contributed by atoms with E-state index in [0.29, 0.717) is 12.2 Å². The SMILES string of the molecule is Cc1cccc(CSCCNC(=O)C(C)N(c2cccc(C)c2)S(C)(=O)=O)c1. The molecule has 152 valence electrons. The van der Waals surface area contributed by atoms with Crippen molar-refractivity contribution in [1.82, 2.24) is 5.32 Å². The van der Waals surface area contributed by atoms with E-state index in [0.717, 1.165) is 23.3 Å². The highest BCUT2D eigenvalue weighted by Crippen LogP contribution is 2.22. The van der Waals surface area contributed by atoms with E-state index < -0.39 is 16.1 Å². The molecule has 1 atom stereocenters. The molecule has 0 aliphatic carbocycles. The summed E-state index contributed by atoms with van der Waals surface area (Å²) in [6.07, 6.45) is 1.12. The van der Waals surface area contributed by atoms with Gasteiger partial charge in [0.25, 0.3) is 0 Å². The van der Waals surface area contributed by atoms with Crippen LogP contribution < -0.4 is 9.62 Å². The summed E-state index contributed by atoms with van der Waals surface area (Å²) in [5.74, 6) is 1.34. The number of hydrogen-bond acceptors (Lipinski definition) is 4. The summed E-state index contributed by atoms with van der Waals surface area (Å²) in [5.41, 5.74) is 3.93. The molecule has 0 heterocycles. The largest absolute Gasteiger partial charge is 0.353 e. The van der Waals surface area contributed by atoms with Gasteiger partial charge >= 0.3 is 0 Å². The fraction of sp³-hybridized carbons (Fsp3) is 0.381. The van der Waals surface area contributed by atoms with Crippen molar-refractivity contribution in [2.45, 2.75) is 32.6 Å². The Bertz CT molecular complexity index is 913. The summed E-state index contributed by atoms with van der Waals surface area (Å²) in [6.45, 7) is 6.06. The molecular weight excluding hydrogens is 392 g/mol. The smallest absolute Gasteiger partial charge is 0.243 e. The Balaban J connectivity index is 1.90. The van der Waals surface area contributed by atoms with Crippen LogP contribution in [0.1, 0.15) is 23.6 Å². The van der Waals surface area contributed by atoms with E-state index in [4.69, 9.17) is 0 Å². The molecule has 1 N–H and O–H groups in total. The van der Waals surface area contributed by atoms with Gasteiger partial charge in [-0.1, -0.05) is 42.0 Å². The van der Waals surface area contributed by atoms with Gasteiger partial charge in [0, 0.05) is 18.1 Å². The maximum atomic E-state index is 12.5. The van der Waals surface area contributed by atoms with Crippen molar-refractivity contribution in [3.63, 3.8) is 0 Å². The molecule has 0 spiro atoms. The molecule has 0 saturated carbocycles. The number of amides is 1. The summed E-state index contributed by atoms with van der Waals surface area (Å²) < 4.78 is 25.8. The van der Waals surface area contributed by atoms with Crippen molar-refractivity contribution in [1.29, 1.82) is 0 Å². The van der Waals surface area contributed by atoms with E-state index in [2.05, 4.69) is 30.4 Å². The third-order valence-electron chi connectivity index (χ3n) is 4.24. The third-order valence-corrected chi connectivity index (χ3v) is 6.51. The second kappa shape index (κ2) is 9.98. The second-order valence-electron chi connectivity index (χ2n) is 6.91. The van der Waals surface area contributed by atoms with Crippen LogP contribution in [0, 0.1) is 13.8 Å². The minimum absolute atomic E-state index is 0.303. The summed E-state index contributed by atoms with van der Waals surface area (Å²) in [6, 6.07) is 14.7.